The normalized spacial score (nSPS) is 11.3. The Hall–Kier alpha value is -1.67. The molecule has 0 atom stereocenters. The van der Waals surface area contributed by atoms with E-state index in [4.69, 9.17) is 5.73 Å². The summed E-state index contributed by atoms with van der Waals surface area (Å²) in [5.41, 5.74) is 6.00. The summed E-state index contributed by atoms with van der Waals surface area (Å²) in [6.45, 7) is 0. The van der Waals surface area contributed by atoms with Gasteiger partial charge in [-0.15, -0.1) is 0 Å². The molecule has 0 spiro atoms. The van der Waals surface area contributed by atoms with Crippen LogP contribution in [0.1, 0.15) is 0 Å². The summed E-state index contributed by atoms with van der Waals surface area (Å²) in [7, 11) is -3.83. The molecule has 19 heavy (non-hydrogen) atoms. The van der Waals surface area contributed by atoms with Crippen molar-refractivity contribution in [3.8, 4) is 0 Å². The largest absolute Gasteiger partial charge is 0.398 e. The van der Waals surface area contributed by atoms with Crippen molar-refractivity contribution in [3.05, 3.63) is 46.8 Å². The van der Waals surface area contributed by atoms with Gasteiger partial charge in [0, 0.05) is 10.2 Å². The van der Waals surface area contributed by atoms with Crippen LogP contribution in [0.3, 0.4) is 0 Å². The van der Waals surface area contributed by atoms with Crippen molar-refractivity contribution in [1.29, 1.82) is 0 Å². The monoisotopic (exact) mass is 345 g/mol. The van der Waals surface area contributed by atoms with Gasteiger partial charge in [0.2, 0.25) is 5.95 Å². The van der Waals surface area contributed by atoms with E-state index in [1.807, 2.05) is 0 Å². The zero-order valence-corrected chi connectivity index (χ0v) is 11.9. The fourth-order valence-corrected chi connectivity index (χ4v) is 2.89. The molecule has 1 aromatic carbocycles. The fourth-order valence-electron chi connectivity index (χ4n) is 1.34. The van der Waals surface area contributed by atoms with Gasteiger partial charge >= 0.3 is 0 Å². The Kier molecular flexibility index (Phi) is 3.72. The highest BCUT2D eigenvalue weighted by molar-refractivity contribution is 9.10. The third-order valence-corrected chi connectivity index (χ3v) is 4.28. The van der Waals surface area contributed by atoms with E-state index in [0.29, 0.717) is 10.2 Å². The molecular formula is C11H9BrFN3O2S. The molecule has 100 valence electrons. The number of nitrogens with zero attached hydrogens (tertiary/aromatic N) is 1. The summed E-state index contributed by atoms with van der Waals surface area (Å²) >= 11 is 3.14. The third kappa shape index (κ3) is 3.21. The molecule has 0 aliphatic rings. The number of halogens is 2. The van der Waals surface area contributed by atoms with Crippen molar-refractivity contribution < 1.29 is 12.8 Å². The standard InChI is InChI=1S/C11H9BrFN3O2S/c12-8-6-7(4-5-9(8)14)19(17,18)16-11-3-1-2-10(13)15-11/h1-6H,14H2,(H,15,16). The fraction of sp³-hybridized carbons (Fsp3) is 0. The summed E-state index contributed by atoms with van der Waals surface area (Å²) in [6.07, 6.45) is 0. The van der Waals surface area contributed by atoms with Gasteiger partial charge in [0.25, 0.3) is 10.0 Å². The lowest BCUT2D eigenvalue weighted by Crippen LogP contribution is -2.14. The second-order valence-corrected chi connectivity index (χ2v) is 6.17. The Morgan fingerprint density at radius 3 is 2.63 bits per heavy atom. The summed E-state index contributed by atoms with van der Waals surface area (Å²) in [5, 5.41) is 0. The van der Waals surface area contributed by atoms with Gasteiger partial charge in [-0.3, -0.25) is 4.72 Å². The van der Waals surface area contributed by atoms with Gasteiger partial charge in [0.1, 0.15) is 5.82 Å². The molecule has 1 heterocycles. The number of hydrogen-bond acceptors (Lipinski definition) is 4. The van der Waals surface area contributed by atoms with Crippen LogP contribution in [0.5, 0.6) is 0 Å². The Balaban J connectivity index is 2.35. The first kappa shape index (κ1) is 13.8. The van der Waals surface area contributed by atoms with Gasteiger partial charge in [0.15, 0.2) is 0 Å². The minimum atomic E-state index is -3.83. The number of benzene rings is 1. The van der Waals surface area contributed by atoms with Crippen molar-refractivity contribution in [3.63, 3.8) is 0 Å². The van der Waals surface area contributed by atoms with Gasteiger partial charge in [-0.25, -0.2) is 13.4 Å². The molecule has 1 aromatic heterocycles. The van der Waals surface area contributed by atoms with Crippen molar-refractivity contribution in [1.82, 2.24) is 4.98 Å². The molecule has 0 radical (unpaired) electrons. The molecule has 0 saturated heterocycles. The Labute approximate surface area is 117 Å². The molecule has 0 fully saturated rings. The molecule has 0 amide bonds. The minimum Gasteiger partial charge on any atom is -0.398 e. The zero-order chi connectivity index (χ0) is 14.0. The number of pyridine rings is 1. The number of nitrogens with two attached hydrogens (primary N) is 1. The Bertz CT molecular complexity index is 722. The molecule has 0 aliphatic heterocycles. The Morgan fingerprint density at radius 1 is 1.26 bits per heavy atom. The first-order chi connectivity index (χ1) is 8.88. The number of hydrogen-bond donors (Lipinski definition) is 2. The van der Waals surface area contributed by atoms with Crippen molar-refractivity contribution >= 4 is 37.5 Å². The zero-order valence-electron chi connectivity index (χ0n) is 9.47. The summed E-state index contributed by atoms with van der Waals surface area (Å²) < 4.78 is 39.6. The minimum absolute atomic E-state index is 0.000337. The number of nitrogen functional groups attached to an aromatic ring is 1. The Morgan fingerprint density at radius 2 is 2.00 bits per heavy atom. The smallest absolute Gasteiger partial charge is 0.263 e. The lowest BCUT2D eigenvalue weighted by Gasteiger charge is -2.08. The van der Waals surface area contributed by atoms with Gasteiger partial charge < -0.3 is 5.73 Å². The van der Waals surface area contributed by atoms with E-state index < -0.39 is 16.0 Å². The van der Waals surface area contributed by atoms with Gasteiger partial charge in [-0.05, 0) is 46.3 Å². The molecule has 8 heteroatoms. The quantitative estimate of drug-likeness (QED) is 0.660. The molecule has 3 N–H and O–H groups in total. The van der Waals surface area contributed by atoms with E-state index in [1.54, 1.807) is 0 Å². The first-order valence-corrected chi connectivity index (χ1v) is 7.36. The van der Waals surface area contributed by atoms with Crippen LogP contribution >= 0.6 is 15.9 Å². The maximum absolute atomic E-state index is 12.9. The van der Waals surface area contributed by atoms with E-state index >= 15 is 0 Å². The summed E-state index contributed by atoms with van der Waals surface area (Å²) in [4.78, 5) is 3.43. The third-order valence-electron chi connectivity index (χ3n) is 2.24. The second-order valence-electron chi connectivity index (χ2n) is 3.63. The molecule has 2 rings (SSSR count). The SMILES string of the molecule is Nc1ccc(S(=O)(=O)Nc2cccc(F)n2)cc1Br. The molecule has 0 unspecified atom stereocenters. The van der Waals surface area contributed by atoms with Crippen molar-refractivity contribution in [2.24, 2.45) is 0 Å². The predicted octanol–water partition coefficient (Wildman–Crippen LogP) is 2.37. The highest BCUT2D eigenvalue weighted by Gasteiger charge is 2.16. The van der Waals surface area contributed by atoms with E-state index in [0.717, 1.165) is 6.07 Å². The number of sulfonamides is 1. The van der Waals surface area contributed by atoms with Crippen LogP contribution in [-0.2, 0) is 10.0 Å². The summed E-state index contributed by atoms with van der Waals surface area (Å²) in [6, 6.07) is 8.00. The lowest BCUT2D eigenvalue weighted by atomic mass is 10.3. The van der Waals surface area contributed by atoms with Gasteiger partial charge in [-0.2, -0.15) is 4.39 Å². The molecule has 5 nitrogen and oxygen atoms in total. The van der Waals surface area contributed by atoms with Crippen LogP contribution in [0.2, 0.25) is 0 Å². The second kappa shape index (κ2) is 5.14. The van der Waals surface area contributed by atoms with Gasteiger partial charge in [0.05, 0.1) is 4.90 Å². The lowest BCUT2D eigenvalue weighted by molar-refractivity contribution is 0.584. The van der Waals surface area contributed by atoms with Gasteiger partial charge in [-0.1, -0.05) is 6.07 Å². The first-order valence-electron chi connectivity index (χ1n) is 5.09. The number of aromatic nitrogens is 1. The van der Waals surface area contributed by atoms with Crippen LogP contribution in [0.15, 0.2) is 45.8 Å². The predicted molar refractivity (Wildman–Crippen MR) is 73.6 cm³/mol. The van der Waals surface area contributed by atoms with Crippen molar-refractivity contribution in [2.75, 3.05) is 10.5 Å². The van der Waals surface area contributed by atoms with Crippen LogP contribution in [0, 0.1) is 5.95 Å². The van der Waals surface area contributed by atoms with E-state index in [2.05, 4.69) is 25.6 Å². The highest BCUT2D eigenvalue weighted by atomic mass is 79.9. The number of rotatable bonds is 3. The number of anilines is 2. The van der Waals surface area contributed by atoms with Crippen LogP contribution in [0.4, 0.5) is 15.9 Å². The highest BCUT2D eigenvalue weighted by Crippen LogP contribution is 2.24. The molecular weight excluding hydrogens is 337 g/mol. The molecule has 0 saturated carbocycles. The van der Waals surface area contributed by atoms with Crippen LogP contribution < -0.4 is 10.5 Å². The van der Waals surface area contributed by atoms with Crippen molar-refractivity contribution in [2.45, 2.75) is 4.90 Å². The van der Waals surface area contributed by atoms with E-state index in [-0.39, 0.29) is 10.7 Å². The topological polar surface area (TPSA) is 85.1 Å². The molecule has 2 aromatic rings. The maximum atomic E-state index is 12.9. The van der Waals surface area contributed by atoms with E-state index in [1.165, 1.54) is 30.3 Å². The average molecular weight is 346 g/mol. The maximum Gasteiger partial charge on any atom is 0.263 e. The molecule has 0 bridgehead atoms. The van der Waals surface area contributed by atoms with Crippen LogP contribution in [0.25, 0.3) is 0 Å². The number of nitrogens with one attached hydrogen (secondary N) is 1. The average Bonchev–Trinajstić information content (AvgIpc) is 2.32. The van der Waals surface area contributed by atoms with E-state index in [9.17, 15) is 12.8 Å². The molecule has 0 aliphatic carbocycles. The summed E-state index contributed by atoms with van der Waals surface area (Å²) in [5.74, 6) is -0.855. The van der Waals surface area contributed by atoms with Crippen LogP contribution in [-0.4, -0.2) is 13.4 Å².